The van der Waals surface area contributed by atoms with Crippen molar-refractivity contribution < 1.29 is 9.72 Å². The minimum absolute atomic E-state index is 0.0434. The molecule has 1 atom stereocenters. The van der Waals surface area contributed by atoms with Gasteiger partial charge in [-0.05, 0) is 31.4 Å². The van der Waals surface area contributed by atoms with Crippen molar-refractivity contribution in [1.82, 2.24) is 4.90 Å². The Labute approximate surface area is 140 Å². The standard InChI is InChI=1S/C17H20N4O3/c18-10-13-9-14(5-6-16(13)21(23)24)19-15-7-8-20(11-15)17(22)12-3-1-2-4-12/h5-6,9,12,15,19H,1-4,7-8,11H2/t15-/m0/s1. The molecule has 2 aliphatic rings. The first-order valence-corrected chi connectivity index (χ1v) is 8.32. The Kier molecular flexibility index (Phi) is 4.65. The second-order valence-electron chi connectivity index (χ2n) is 6.50. The summed E-state index contributed by atoms with van der Waals surface area (Å²) in [6.45, 7) is 1.39. The lowest BCUT2D eigenvalue weighted by molar-refractivity contribution is -0.385. The summed E-state index contributed by atoms with van der Waals surface area (Å²) >= 11 is 0. The second kappa shape index (κ2) is 6.87. The molecular weight excluding hydrogens is 308 g/mol. The number of benzene rings is 1. The fourth-order valence-corrected chi connectivity index (χ4v) is 3.62. The van der Waals surface area contributed by atoms with Gasteiger partial charge in [0.05, 0.1) is 4.92 Å². The van der Waals surface area contributed by atoms with Crippen LogP contribution >= 0.6 is 0 Å². The van der Waals surface area contributed by atoms with E-state index in [-0.39, 0.29) is 29.1 Å². The van der Waals surface area contributed by atoms with Crippen LogP contribution < -0.4 is 5.32 Å². The van der Waals surface area contributed by atoms with E-state index in [4.69, 9.17) is 5.26 Å². The van der Waals surface area contributed by atoms with Gasteiger partial charge in [-0.3, -0.25) is 14.9 Å². The third-order valence-electron chi connectivity index (χ3n) is 4.89. The molecule has 0 radical (unpaired) electrons. The molecule has 7 heteroatoms. The van der Waals surface area contributed by atoms with Gasteiger partial charge in [-0.1, -0.05) is 12.8 Å². The largest absolute Gasteiger partial charge is 0.380 e. The first-order chi connectivity index (χ1) is 11.6. The monoisotopic (exact) mass is 328 g/mol. The van der Waals surface area contributed by atoms with E-state index in [0.29, 0.717) is 12.2 Å². The number of likely N-dealkylation sites (tertiary alicyclic amines) is 1. The molecule has 2 fully saturated rings. The predicted molar refractivity (Wildman–Crippen MR) is 88.4 cm³/mol. The molecule has 1 aliphatic heterocycles. The quantitative estimate of drug-likeness (QED) is 0.676. The minimum Gasteiger partial charge on any atom is -0.380 e. The fourth-order valence-electron chi connectivity index (χ4n) is 3.62. The summed E-state index contributed by atoms with van der Waals surface area (Å²) < 4.78 is 0. The number of hydrogen-bond acceptors (Lipinski definition) is 5. The number of nitrogens with one attached hydrogen (secondary N) is 1. The first-order valence-electron chi connectivity index (χ1n) is 8.32. The van der Waals surface area contributed by atoms with Crippen molar-refractivity contribution in [3.05, 3.63) is 33.9 Å². The Morgan fingerprint density at radius 2 is 2.08 bits per heavy atom. The summed E-state index contributed by atoms with van der Waals surface area (Å²) in [5.41, 5.74) is 0.534. The molecule has 0 spiro atoms. The van der Waals surface area contributed by atoms with Gasteiger partial charge >= 0.3 is 0 Å². The van der Waals surface area contributed by atoms with Crippen LogP contribution in [0.5, 0.6) is 0 Å². The Hall–Kier alpha value is -2.62. The zero-order chi connectivity index (χ0) is 17.1. The van der Waals surface area contributed by atoms with Crippen molar-refractivity contribution in [3.63, 3.8) is 0 Å². The molecule has 1 amide bonds. The van der Waals surface area contributed by atoms with E-state index in [1.807, 2.05) is 11.0 Å². The van der Waals surface area contributed by atoms with Gasteiger partial charge in [0.25, 0.3) is 5.69 Å². The Morgan fingerprint density at radius 3 is 2.75 bits per heavy atom. The Morgan fingerprint density at radius 1 is 1.33 bits per heavy atom. The normalized spacial score (nSPS) is 20.8. The SMILES string of the molecule is N#Cc1cc(N[C@H]2CCN(C(=O)C3CCCC3)C2)ccc1[N+](=O)[O-]. The average Bonchev–Trinajstić information content (AvgIpc) is 3.25. The molecule has 7 nitrogen and oxygen atoms in total. The highest BCUT2D eigenvalue weighted by molar-refractivity contribution is 5.79. The third-order valence-corrected chi connectivity index (χ3v) is 4.89. The molecular formula is C17H20N4O3. The number of nitriles is 1. The number of anilines is 1. The average molecular weight is 328 g/mol. The van der Waals surface area contributed by atoms with Gasteiger partial charge in [-0.15, -0.1) is 0 Å². The van der Waals surface area contributed by atoms with Crippen LogP contribution in [-0.2, 0) is 4.79 Å². The molecule has 1 saturated heterocycles. The highest BCUT2D eigenvalue weighted by atomic mass is 16.6. The van der Waals surface area contributed by atoms with E-state index in [1.54, 1.807) is 6.07 Å². The van der Waals surface area contributed by atoms with Crippen molar-refractivity contribution >= 4 is 17.3 Å². The fraction of sp³-hybridized carbons (Fsp3) is 0.529. The van der Waals surface area contributed by atoms with Gasteiger partial charge < -0.3 is 10.2 Å². The number of nitro benzene ring substituents is 1. The van der Waals surface area contributed by atoms with Crippen LogP contribution in [-0.4, -0.2) is 34.9 Å². The maximum absolute atomic E-state index is 12.4. The maximum Gasteiger partial charge on any atom is 0.287 e. The van der Waals surface area contributed by atoms with Crippen LogP contribution in [0.1, 0.15) is 37.7 Å². The second-order valence-corrected chi connectivity index (χ2v) is 6.50. The lowest BCUT2D eigenvalue weighted by Gasteiger charge is -2.21. The molecule has 24 heavy (non-hydrogen) atoms. The smallest absolute Gasteiger partial charge is 0.287 e. The van der Waals surface area contributed by atoms with Gasteiger partial charge in [0.1, 0.15) is 11.6 Å². The summed E-state index contributed by atoms with van der Waals surface area (Å²) in [6.07, 6.45) is 5.14. The summed E-state index contributed by atoms with van der Waals surface area (Å²) in [4.78, 5) is 24.7. The third kappa shape index (κ3) is 3.32. The zero-order valence-corrected chi connectivity index (χ0v) is 13.4. The van der Waals surface area contributed by atoms with Crippen LogP contribution in [0.15, 0.2) is 18.2 Å². The number of carbonyl (C=O) groups is 1. The van der Waals surface area contributed by atoms with Crippen molar-refractivity contribution in [2.24, 2.45) is 5.92 Å². The molecule has 0 bridgehead atoms. The maximum atomic E-state index is 12.4. The number of nitro groups is 1. The Bertz CT molecular complexity index is 692. The van der Waals surface area contributed by atoms with Crippen LogP contribution in [0.2, 0.25) is 0 Å². The lowest BCUT2D eigenvalue weighted by Crippen LogP contribution is -2.35. The highest BCUT2D eigenvalue weighted by Gasteiger charge is 2.32. The van der Waals surface area contributed by atoms with Crippen molar-refractivity contribution in [2.75, 3.05) is 18.4 Å². The Balaban J connectivity index is 1.62. The van der Waals surface area contributed by atoms with E-state index in [1.165, 1.54) is 12.1 Å². The molecule has 0 unspecified atom stereocenters. The lowest BCUT2D eigenvalue weighted by atomic mass is 10.1. The number of carbonyl (C=O) groups excluding carboxylic acids is 1. The highest BCUT2D eigenvalue weighted by Crippen LogP contribution is 2.29. The molecule has 1 heterocycles. The molecule has 126 valence electrons. The van der Waals surface area contributed by atoms with Gasteiger partial charge in [-0.2, -0.15) is 5.26 Å². The van der Waals surface area contributed by atoms with Crippen LogP contribution in [0.4, 0.5) is 11.4 Å². The summed E-state index contributed by atoms with van der Waals surface area (Å²) in [5.74, 6) is 0.450. The van der Waals surface area contributed by atoms with Crippen molar-refractivity contribution in [1.29, 1.82) is 5.26 Å². The van der Waals surface area contributed by atoms with E-state index in [2.05, 4.69) is 5.32 Å². The number of hydrogen-bond donors (Lipinski definition) is 1. The molecule has 1 saturated carbocycles. The molecule has 0 aromatic heterocycles. The van der Waals surface area contributed by atoms with E-state index in [9.17, 15) is 14.9 Å². The van der Waals surface area contributed by atoms with Crippen molar-refractivity contribution in [3.8, 4) is 6.07 Å². The summed E-state index contributed by atoms with van der Waals surface area (Å²) in [5, 5.41) is 23.2. The van der Waals surface area contributed by atoms with E-state index < -0.39 is 4.92 Å². The van der Waals surface area contributed by atoms with Gasteiger partial charge in [0.2, 0.25) is 5.91 Å². The van der Waals surface area contributed by atoms with Crippen LogP contribution in [0.25, 0.3) is 0 Å². The predicted octanol–water partition coefficient (Wildman–Crippen LogP) is 2.67. The zero-order valence-electron chi connectivity index (χ0n) is 13.4. The van der Waals surface area contributed by atoms with Gasteiger partial charge in [0.15, 0.2) is 0 Å². The number of nitrogens with zero attached hydrogens (tertiary/aromatic N) is 3. The van der Waals surface area contributed by atoms with E-state index in [0.717, 1.165) is 38.6 Å². The van der Waals surface area contributed by atoms with Crippen molar-refractivity contribution in [2.45, 2.75) is 38.1 Å². The molecule has 1 N–H and O–H groups in total. The molecule has 3 rings (SSSR count). The topological polar surface area (TPSA) is 99.3 Å². The molecule has 1 aromatic rings. The van der Waals surface area contributed by atoms with Crippen LogP contribution in [0.3, 0.4) is 0 Å². The minimum atomic E-state index is -0.556. The molecule has 1 aromatic carbocycles. The summed E-state index contributed by atoms with van der Waals surface area (Å²) in [6, 6.07) is 6.43. The van der Waals surface area contributed by atoms with Gasteiger partial charge in [0, 0.05) is 36.8 Å². The molecule has 1 aliphatic carbocycles. The van der Waals surface area contributed by atoms with Crippen LogP contribution in [0, 0.1) is 27.4 Å². The van der Waals surface area contributed by atoms with E-state index >= 15 is 0 Å². The summed E-state index contributed by atoms with van der Waals surface area (Å²) in [7, 11) is 0. The number of amides is 1. The van der Waals surface area contributed by atoms with Gasteiger partial charge in [-0.25, -0.2) is 0 Å². The number of rotatable bonds is 4. The first kappa shape index (κ1) is 16.2.